The number of hydrogen-bond donors (Lipinski definition) is 6. The number of amides is 2. The van der Waals surface area contributed by atoms with Crippen LogP contribution in [-0.4, -0.2) is 141 Å². The smallest absolute Gasteiger partial charge is 0.308 e. The van der Waals surface area contributed by atoms with Crippen LogP contribution in [0.1, 0.15) is 167 Å². The summed E-state index contributed by atoms with van der Waals surface area (Å²) in [7, 11) is 10.3. The number of Topliss-reactive ketones (excluding diaryl/α,β-unsaturated/α-hetero) is 2. The van der Waals surface area contributed by atoms with Crippen molar-refractivity contribution < 1.29 is 77.7 Å². The lowest BCUT2D eigenvalue weighted by Gasteiger charge is -2.27. The SMILES string of the molecule is O=C(O)CCCCCCCCCCCCCCCCC(=O)C[C@@H](CCC(=O)NCCOCCOCCOCCOCCC(=O)C[C@@H](CCC(=O)NCCCC[C@@H](C(=O)O)C1SSC2(SS1)SS2)C(=O)O)C(=O)O. The fourth-order valence-electron chi connectivity index (χ4n) is 7.66. The van der Waals surface area contributed by atoms with Gasteiger partial charge < -0.3 is 50.0 Å². The van der Waals surface area contributed by atoms with E-state index in [1.807, 2.05) is 0 Å². The van der Waals surface area contributed by atoms with E-state index in [4.69, 9.17) is 24.1 Å². The molecule has 73 heavy (non-hydrogen) atoms. The van der Waals surface area contributed by atoms with E-state index < -0.39 is 41.6 Å². The molecular formula is C49H82N2O16S6. The minimum Gasteiger partial charge on any atom is -0.481 e. The number of ether oxygens (including phenoxy) is 4. The maximum atomic E-state index is 12.5. The van der Waals surface area contributed by atoms with Gasteiger partial charge in [-0.05, 0) is 60.1 Å². The van der Waals surface area contributed by atoms with Crippen LogP contribution < -0.4 is 10.6 Å². The van der Waals surface area contributed by atoms with Gasteiger partial charge in [0, 0.05) is 58.0 Å². The van der Waals surface area contributed by atoms with Crippen molar-refractivity contribution >= 4 is 112 Å². The molecule has 2 amide bonds. The highest BCUT2D eigenvalue weighted by molar-refractivity contribution is 9.14. The van der Waals surface area contributed by atoms with E-state index in [1.54, 1.807) is 64.8 Å². The molecule has 0 saturated carbocycles. The number of carboxylic acid groups (broad SMARTS) is 4. The van der Waals surface area contributed by atoms with Crippen molar-refractivity contribution in [1.82, 2.24) is 10.6 Å². The van der Waals surface area contributed by atoms with Gasteiger partial charge in [-0.3, -0.25) is 38.4 Å². The monoisotopic (exact) mass is 1150 g/mol. The lowest BCUT2D eigenvalue weighted by Crippen LogP contribution is -2.29. The molecule has 2 aliphatic heterocycles. The Bertz CT molecular complexity index is 1610. The molecule has 420 valence electrons. The van der Waals surface area contributed by atoms with Crippen LogP contribution in [0.25, 0.3) is 0 Å². The van der Waals surface area contributed by atoms with E-state index in [0.29, 0.717) is 58.7 Å². The maximum absolute atomic E-state index is 12.5. The molecule has 0 aromatic heterocycles. The first-order chi connectivity index (χ1) is 35.2. The van der Waals surface area contributed by atoms with E-state index in [2.05, 4.69) is 10.6 Å². The van der Waals surface area contributed by atoms with E-state index in [0.717, 1.165) is 44.9 Å². The standard InChI is InChI=1S/C49H82N2O16S6/c52-39(17-13-11-9-7-5-3-1-2-4-6-8-10-12-14-19-44(56)57)35-37(45(58)59)21-23-43(55)51-26-28-65-30-32-67-34-33-66-31-29-64-27-24-40(53)36-38(46(60)61)20-22-42(54)50-25-16-15-18-41(47(62)63)48-68-70-49(71-69-48)72-73-49/h37-38,41,48H,1-36H2,(H,50,54)(H,51,55)(H,56,57)(H,58,59)(H,60,61)(H,62,63)/t37-,38-,41+/m1/s1. The molecule has 1 spiro atoms. The molecule has 2 heterocycles. The van der Waals surface area contributed by atoms with E-state index in [9.17, 15) is 53.7 Å². The summed E-state index contributed by atoms with van der Waals surface area (Å²) >= 11 is 0. The van der Waals surface area contributed by atoms with Crippen LogP contribution in [0.3, 0.4) is 0 Å². The van der Waals surface area contributed by atoms with Gasteiger partial charge in [-0.1, -0.05) is 127 Å². The van der Waals surface area contributed by atoms with Crippen molar-refractivity contribution in [2.24, 2.45) is 17.8 Å². The van der Waals surface area contributed by atoms with Crippen molar-refractivity contribution in [2.45, 2.75) is 174 Å². The van der Waals surface area contributed by atoms with Gasteiger partial charge in [0.15, 0.2) is 2.74 Å². The molecule has 2 aliphatic rings. The summed E-state index contributed by atoms with van der Waals surface area (Å²) in [6, 6.07) is 0. The zero-order valence-electron chi connectivity index (χ0n) is 42.4. The number of carbonyl (C=O) groups excluding carboxylic acids is 4. The Morgan fingerprint density at radius 1 is 0.411 bits per heavy atom. The van der Waals surface area contributed by atoms with E-state index in [1.165, 1.54) is 44.9 Å². The molecule has 2 fully saturated rings. The molecule has 24 heteroatoms. The van der Waals surface area contributed by atoms with Gasteiger partial charge in [-0.2, -0.15) is 0 Å². The minimum absolute atomic E-state index is 0.00262. The number of unbranched alkanes of at least 4 members (excludes halogenated alkanes) is 14. The molecule has 0 aliphatic carbocycles. The second-order valence-electron chi connectivity index (χ2n) is 18.2. The second kappa shape index (κ2) is 43.1. The van der Waals surface area contributed by atoms with Crippen LogP contribution in [0.15, 0.2) is 0 Å². The third-order valence-corrected chi connectivity index (χ3v) is 25.9. The van der Waals surface area contributed by atoms with Gasteiger partial charge in [-0.25, -0.2) is 0 Å². The highest BCUT2D eigenvalue weighted by Gasteiger charge is 2.53. The molecule has 6 N–H and O–H groups in total. The summed E-state index contributed by atoms with van der Waals surface area (Å²) < 4.78 is 21.9. The Morgan fingerprint density at radius 2 is 0.822 bits per heavy atom. The fraction of sp³-hybridized carbons (Fsp3) is 0.837. The van der Waals surface area contributed by atoms with Gasteiger partial charge in [0.2, 0.25) is 11.8 Å². The van der Waals surface area contributed by atoms with Crippen LogP contribution in [0.5, 0.6) is 0 Å². The normalized spacial score (nSPS) is 15.3. The van der Waals surface area contributed by atoms with E-state index in [-0.39, 0.29) is 115 Å². The van der Waals surface area contributed by atoms with Crippen molar-refractivity contribution in [3.05, 3.63) is 0 Å². The summed E-state index contributed by atoms with van der Waals surface area (Å²) in [5, 5.41) is 43.1. The van der Waals surface area contributed by atoms with Gasteiger partial charge in [0.05, 0.1) is 75.2 Å². The highest BCUT2D eigenvalue weighted by Crippen LogP contribution is 2.84. The third-order valence-electron chi connectivity index (χ3n) is 12.0. The average Bonchev–Trinajstić information content (AvgIpc) is 4.11. The van der Waals surface area contributed by atoms with E-state index >= 15 is 0 Å². The predicted octanol–water partition coefficient (Wildman–Crippen LogP) is 9.86. The largest absolute Gasteiger partial charge is 0.481 e. The molecule has 18 nitrogen and oxygen atoms in total. The highest BCUT2D eigenvalue weighted by atomic mass is 33.2. The quantitative estimate of drug-likeness (QED) is 0.0188. The number of hydrogen-bond acceptors (Lipinski definition) is 18. The number of carboxylic acids is 4. The van der Waals surface area contributed by atoms with Crippen molar-refractivity contribution in [2.75, 3.05) is 65.9 Å². The first kappa shape index (κ1) is 67.2. The first-order valence-corrected chi connectivity index (χ1v) is 32.6. The lowest BCUT2D eigenvalue weighted by molar-refractivity contribution is -0.145. The second-order valence-corrected chi connectivity index (χ2v) is 27.7. The van der Waals surface area contributed by atoms with Crippen molar-refractivity contribution in [3.8, 4) is 0 Å². The first-order valence-electron chi connectivity index (χ1n) is 26.0. The molecule has 0 aromatic carbocycles. The number of carbonyl (C=O) groups is 8. The zero-order chi connectivity index (χ0) is 53.4. The number of aliphatic carboxylic acids is 4. The molecule has 3 atom stereocenters. The summed E-state index contributed by atoms with van der Waals surface area (Å²) in [4.78, 5) is 95.5. The number of rotatable bonds is 51. The lowest BCUT2D eigenvalue weighted by atomic mass is 9.94. The zero-order valence-corrected chi connectivity index (χ0v) is 47.3. The Labute approximate surface area is 455 Å². The molecule has 2 rings (SSSR count). The van der Waals surface area contributed by atoms with Crippen LogP contribution in [0.4, 0.5) is 0 Å². The summed E-state index contributed by atoms with van der Waals surface area (Å²) in [5.41, 5.74) is 0. The Morgan fingerprint density at radius 3 is 1.26 bits per heavy atom. The maximum Gasteiger partial charge on any atom is 0.308 e. The average molecular weight is 1150 g/mol. The van der Waals surface area contributed by atoms with Crippen LogP contribution in [-0.2, 0) is 57.3 Å². The molecule has 0 radical (unpaired) electrons. The third kappa shape index (κ3) is 36.7. The van der Waals surface area contributed by atoms with Crippen LogP contribution in [0, 0.1) is 17.8 Å². The fourth-order valence-corrected chi connectivity index (χ4v) is 21.5. The minimum atomic E-state index is -1.14. The van der Waals surface area contributed by atoms with Crippen molar-refractivity contribution in [3.63, 3.8) is 0 Å². The van der Waals surface area contributed by atoms with Gasteiger partial charge >= 0.3 is 23.9 Å². The summed E-state index contributed by atoms with van der Waals surface area (Å²) in [5.74, 6) is -7.07. The van der Waals surface area contributed by atoms with Crippen LogP contribution >= 0.6 is 64.8 Å². The molecule has 0 aromatic rings. The number of nitrogens with one attached hydrogen (secondary N) is 2. The van der Waals surface area contributed by atoms with Gasteiger partial charge in [-0.15, -0.1) is 0 Å². The van der Waals surface area contributed by atoms with Crippen LogP contribution in [0.2, 0.25) is 0 Å². The number of ketones is 2. The topological polar surface area (TPSA) is 278 Å². The Balaban J connectivity index is 1.35. The predicted molar refractivity (Wildman–Crippen MR) is 292 cm³/mol. The summed E-state index contributed by atoms with van der Waals surface area (Å²) in [6.07, 6.45) is 17.5. The molecule has 0 unspecified atom stereocenters. The van der Waals surface area contributed by atoms with Gasteiger partial charge in [0.25, 0.3) is 0 Å². The summed E-state index contributed by atoms with van der Waals surface area (Å²) in [6.45, 7) is 2.70. The molecular weight excluding hydrogens is 1060 g/mol. The molecule has 2 saturated heterocycles. The Hall–Kier alpha value is -1.90. The Kier molecular flexibility index (Phi) is 39.7. The van der Waals surface area contributed by atoms with Crippen molar-refractivity contribution in [1.29, 1.82) is 0 Å². The molecule has 0 bridgehead atoms. The van der Waals surface area contributed by atoms with Gasteiger partial charge in [0.1, 0.15) is 11.6 Å².